The SMILES string of the molecule is c1ccc(-c2nc(-c3ccccc3)nc(-c3cccc4sc5ccc(-c6cccc7c6-c6ccccc6C76c7ccccc7-c7ccccc76)cc5c34)n2)cc1. The first-order chi connectivity index (χ1) is 27.8. The van der Waals surface area contributed by atoms with Gasteiger partial charge in [0.05, 0.1) is 5.41 Å². The smallest absolute Gasteiger partial charge is 0.164 e. The largest absolute Gasteiger partial charge is 0.208 e. The van der Waals surface area contributed by atoms with Gasteiger partial charge in [0.1, 0.15) is 0 Å². The highest BCUT2D eigenvalue weighted by Crippen LogP contribution is 2.64. The van der Waals surface area contributed by atoms with Crippen LogP contribution in [-0.4, -0.2) is 15.0 Å². The Bertz CT molecular complexity index is 3100. The summed E-state index contributed by atoms with van der Waals surface area (Å²) in [7, 11) is 0. The third-order valence-corrected chi connectivity index (χ3v) is 12.9. The van der Waals surface area contributed by atoms with E-state index >= 15 is 0 Å². The summed E-state index contributed by atoms with van der Waals surface area (Å²) in [5.41, 5.74) is 15.6. The molecule has 0 unspecified atom stereocenters. The maximum atomic E-state index is 5.15. The van der Waals surface area contributed by atoms with Crippen molar-refractivity contribution in [3.63, 3.8) is 0 Å². The van der Waals surface area contributed by atoms with Crippen LogP contribution in [-0.2, 0) is 5.41 Å². The van der Waals surface area contributed by atoms with Crippen LogP contribution >= 0.6 is 11.3 Å². The second-order valence-corrected chi connectivity index (χ2v) is 15.7. The lowest BCUT2D eigenvalue weighted by Gasteiger charge is -2.30. The monoisotopic (exact) mass is 729 g/mol. The first-order valence-electron chi connectivity index (χ1n) is 19.0. The summed E-state index contributed by atoms with van der Waals surface area (Å²) in [6.45, 7) is 0. The minimum Gasteiger partial charge on any atom is -0.208 e. The molecular weight excluding hydrogens is 699 g/mol. The van der Waals surface area contributed by atoms with Crippen molar-refractivity contribution >= 4 is 31.5 Å². The van der Waals surface area contributed by atoms with Crippen molar-refractivity contribution in [2.24, 2.45) is 0 Å². The molecule has 2 aliphatic carbocycles. The van der Waals surface area contributed by atoms with Crippen molar-refractivity contribution in [2.75, 3.05) is 0 Å². The standard InChI is InChI=1S/C52H31N3S/c1-3-15-32(16-4-1)49-53-50(33-17-5-2-6-18-33)55-51(54-49)39-23-14-28-46-48(39)40-31-34(29-30-45(40)56-46)35-22-13-27-44-47(35)38-21-9-12-26-43(38)52(44)41-24-10-7-19-36(41)37-20-8-11-25-42(37)52/h1-31H. The molecule has 2 aromatic heterocycles. The predicted molar refractivity (Wildman–Crippen MR) is 231 cm³/mol. The number of hydrogen-bond acceptors (Lipinski definition) is 4. The maximum absolute atomic E-state index is 5.15. The number of aromatic nitrogens is 3. The van der Waals surface area contributed by atoms with Crippen LogP contribution in [0.1, 0.15) is 22.3 Å². The van der Waals surface area contributed by atoms with Crippen molar-refractivity contribution in [1.82, 2.24) is 15.0 Å². The molecular formula is C52H31N3S. The summed E-state index contributed by atoms with van der Waals surface area (Å²) >= 11 is 1.82. The van der Waals surface area contributed by atoms with Gasteiger partial charge in [-0.25, -0.2) is 15.0 Å². The fourth-order valence-electron chi connectivity index (χ4n) is 9.49. The zero-order valence-electron chi connectivity index (χ0n) is 30.1. The molecule has 10 aromatic rings. The average Bonchev–Trinajstić information content (AvgIpc) is 3.91. The van der Waals surface area contributed by atoms with Crippen molar-refractivity contribution in [1.29, 1.82) is 0 Å². The summed E-state index contributed by atoms with van der Waals surface area (Å²) in [5, 5.41) is 2.37. The van der Waals surface area contributed by atoms with Crippen LogP contribution in [0.5, 0.6) is 0 Å². The van der Waals surface area contributed by atoms with Gasteiger partial charge in [0.15, 0.2) is 17.5 Å². The molecule has 2 heterocycles. The van der Waals surface area contributed by atoms with E-state index in [-0.39, 0.29) is 5.41 Å². The summed E-state index contributed by atoms with van der Waals surface area (Å²) in [6.07, 6.45) is 0. The second-order valence-electron chi connectivity index (χ2n) is 14.6. The normalized spacial score (nSPS) is 13.1. The van der Waals surface area contributed by atoms with Gasteiger partial charge in [-0.15, -0.1) is 11.3 Å². The van der Waals surface area contributed by atoms with Crippen molar-refractivity contribution < 1.29 is 0 Å². The highest BCUT2D eigenvalue weighted by molar-refractivity contribution is 7.26. The Morgan fingerprint density at radius 2 is 0.839 bits per heavy atom. The molecule has 8 aromatic carbocycles. The summed E-state index contributed by atoms with van der Waals surface area (Å²) in [6, 6.07) is 67.9. The highest BCUT2D eigenvalue weighted by atomic mass is 32.1. The van der Waals surface area contributed by atoms with Gasteiger partial charge in [0.25, 0.3) is 0 Å². The average molecular weight is 730 g/mol. The molecule has 2 aliphatic rings. The Hall–Kier alpha value is -7.01. The molecule has 12 rings (SSSR count). The molecule has 1 spiro atoms. The van der Waals surface area contributed by atoms with Gasteiger partial charge < -0.3 is 0 Å². The minimum absolute atomic E-state index is 0.382. The number of thiophene rings is 1. The lowest BCUT2D eigenvalue weighted by atomic mass is 9.70. The van der Waals surface area contributed by atoms with E-state index in [1.807, 2.05) is 47.7 Å². The molecule has 56 heavy (non-hydrogen) atoms. The van der Waals surface area contributed by atoms with Gasteiger partial charge >= 0.3 is 0 Å². The van der Waals surface area contributed by atoms with E-state index in [0.29, 0.717) is 17.5 Å². The lowest BCUT2D eigenvalue weighted by Crippen LogP contribution is -2.25. The second kappa shape index (κ2) is 12.0. The van der Waals surface area contributed by atoms with Crippen LogP contribution in [0.3, 0.4) is 0 Å². The third-order valence-electron chi connectivity index (χ3n) is 11.8. The van der Waals surface area contributed by atoms with Gasteiger partial charge in [0, 0.05) is 36.9 Å². The van der Waals surface area contributed by atoms with Gasteiger partial charge in [-0.3, -0.25) is 0 Å². The molecule has 0 atom stereocenters. The molecule has 0 saturated heterocycles. The van der Waals surface area contributed by atoms with E-state index in [1.54, 1.807) is 0 Å². The first-order valence-corrected chi connectivity index (χ1v) is 19.8. The topological polar surface area (TPSA) is 38.7 Å². The molecule has 0 bridgehead atoms. The zero-order valence-corrected chi connectivity index (χ0v) is 31.0. The van der Waals surface area contributed by atoms with Crippen molar-refractivity contribution in [3.8, 4) is 67.5 Å². The van der Waals surface area contributed by atoms with Gasteiger partial charge in [-0.05, 0) is 73.8 Å². The minimum atomic E-state index is -0.382. The number of fused-ring (bicyclic) bond motifs is 13. The van der Waals surface area contributed by atoms with Gasteiger partial charge in [-0.2, -0.15) is 0 Å². The molecule has 3 nitrogen and oxygen atoms in total. The van der Waals surface area contributed by atoms with Crippen molar-refractivity contribution in [3.05, 3.63) is 210 Å². The van der Waals surface area contributed by atoms with E-state index in [9.17, 15) is 0 Å². The maximum Gasteiger partial charge on any atom is 0.164 e. The third kappa shape index (κ3) is 4.36. The van der Waals surface area contributed by atoms with Crippen LogP contribution in [0.2, 0.25) is 0 Å². The molecule has 260 valence electrons. The van der Waals surface area contributed by atoms with Gasteiger partial charge in [-0.1, -0.05) is 170 Å². The highest BCUT2D eigenvalue weighted by Gasteiger charge is 2.51. The zero-order chi connectivity index (χ0) is 36.8. The molecule has 0 N–H and O–H groups in total. The Morgan fingerprint density at radius 3 is 1.50 bits per heavy atom. The summed E-state index contributed by atoms with van der Waals surface area (Å²) in [4.78, 5) is 15.3. The van der Waals surface area contributed by atoms with Crippen LogP contribution in [0.25, 0.3) is 87.7 Å². The lowest BCUT2D eigenvalue weighted by molar-refractivity contribution is 0.794. The fraction of sp³-hybridized carbons (Fsp3) is 0.0192. The first kappa shape index (κ1) is 31.4. The Balaban J connectivity index is 1.09. The van der Waals surface area contributed by atoms with E-state index in [4.69, 9.17) is 15.0 Å². The number of hydrogen-bond donors (Lipinski definition) is 0. The van der Waals surface area contributed by atoms with E-state index in [1.165, 1.54) is 75.8 Å². The van der Waals surface area contributed by atoms with E-state index in [0.717, 1.165) is 16.7 Å². The Labute approximate surface area is 328 Å². The number of rotatable bonds is 4. The summed E-state index contributed by atoms with van der Waals surface area (Å²) in [5.74, 6) is 1.99. The molecule has 0 aliphatic heterocycles. The van der Waals surface area contributed by atoms with Crippen LogP contribution < -0.4 is 0 Å². The Kier molecular flexibility index (Phi) is 6.72. The van der Waals surface area contributed by atoms with Gasteiger partial charge in [0.2, 0.25) is 0 Å². The molecule has 4 heteroatoms. The number of benzene rings is 8. The molecule has 0 radical (unpaired) electrons. The molecule has 0 amide bonds. The van der Waals surface area contributed by atoms with Crippen LogP contribution in [0.4, 0.5) is 0 Å². The van der Waals surface area contributed by atoms with Crippen LogP contribution in [0, 0.1) is 0 Å². The van der Waals surface area contributed by atoms with E-state index < -0.39 is 0 Å². The van der Waals surface area contributed by atoms with E-state index in [2.05, 4.69) is 152 Å². The molecule has 0 fully saturated rings. The Morgan fingerprint density at radius 1 is 0.339 bits per heavy atom. The number of nitrogens with zero attached hydrogens (tertiary/aromatic N) is 3. The quantitative estimate of drug-likeness (QED) is 0.181. The summed E-state index contributed by atoms with van der Waals surface area (Å²) < 4.78 is 2.44. The fourth-order valence-corrected chi connectivity index (χ4v) is 10.6. The van der Waals surface area contributed by atoms with Crippen LogP contribution in [0.15, 0.2) is 188 Å². The molecule has 0 saturated carbocycles. The predicted octanol–water partition coefficient (Wildman–Crippen LogP) is 13.3. The van der Waals surface area contributed by atoms with Crippen molar-refractivity contribution in [2.45, 2.75) is 5.41 Å².